The summed E-state index contributed by atoms with van der Waals surface area (Å²) in [7, 11) is 0. The summed E-state index contributed by atoms with van der Waals surface area (Å²) >= 11 is 0. The second kappa shape index (κ2) is 6.12. The Kier molecular flexibility index (Phi) is 4.50. The summed E-state index contributed by atoms with van der Waals surface area (Å²) in [6.45, 7) is 4.42. The largest absolute Gasteiger partial charge is 0.353 e. The van der Waals surface area contributed by atoms with E-state index in [2.05, 4.69) is 10.2 Å². The number of hydrogen-bond acceptors (Lipinski definition) is 3. The summed E-state index contributed by atoms with van der Waals surface area (Å²) in [6, 6.07) is 4.57. The predicted molar refractivity (Wildman–Crippen MR) is 71.8 cm³/mol. The molecule has 1 aromatic rings. The van der Waals surface area contributed by atoms with Gasteiger partial charge in [0.15, 0.2) is 0 Å². The quantitative estimate of drug-likeness (QED) is 0.853. The monoisotopic (exact) mass is 265 g/mol. The molecule has 0 bridgehead atoms. The maximum Gasteiger partial charge on any atom is 0.237 e. The van der Waals surface area contributed by atoms with Crippen molar-refractivity contribution in [2.24, 2.45) is 5.73 Å². The van der Waals surface area contributed by atoms with Gasteiger partial charge in [-0.3, -0.25) is 9.69 Å². The summed E-state index contributed by atoms with van der Waals surface area (Å²) in [5, 5.41) is 2.87. The third kappa shape index (κ3) is 3.11. The van der Waals surface area contributed by atoms with Crippen LogP contribution in [0.4, 0.5) is 4.39 Å². The van der Waals surface area contributed by atoms with Gasteiger partial charge in [0.25, 0.3) is 0 Å². The summed E-state index contributed by atoms with van der Waals surface area (Å²) in [4.78, 5) is 13.9. The highest BCUT2D eigenvalue weighted by molar-refractivity contribution is 5.82. The van der Waals surface area contributed by atoms with Gasteiger partial charge in [-0.15, -0.1) is 0 Å². The first-order valence-electron chi connectivity index (χ1n) is 6.64. The van der Waals surface area contributed by atoms with E-state index in [1.165, 1.54) is 12.1 Å². The number of carbonyl (C=O) groups is 1. The zero-order valence-corrected chi connectivity index (χ0v) is 11.2. The van der Waals surface area contributed by atoms with Crippen LogP contribution < -0.4 is 11.1 Å². The predicted octanol–water partition coefficient (Wildman–Crippen LogP) is 0.995. The van der Waals surface area contributed by atoms with Gasteiger partial charge < -0.3 is 11.1 Å². The Morgan fingerprint density at radius 1 is 1.47 bits per heavy atom. The van der Waals surface area contributed by atoms with Crippen molar-refractivity contribution in [2.75, 3.05) is 13.1 Å². The minimum atomic E-state index is -0.271. The Bertz CT molecular complexity index is 464. The molecule has 0 radical (unpaired) electrons. The number of benzene rings is 1. The van der Waals surface area contributed by atoms with E-state index in [1.54, 1.807) is 6.07 Å². The summed E-state index contributed by atoms with van der Waals surface area (Å²) < 4.78 is 13.2. The van der Waals surface area contributed by atoms with Crippen LogP contribution in [0, 0.1) is 5.82 Å². The third-order valence-electron chi connectivity index (χ3n) is 3.59. The first-order valence-corrected chi connectivity index (χ1v) is 6.64. The lowest BCUT2D eigenvalue weighted by Gasteiger charge is -2.34. The topological polar surface area (TPSA) is 58.4 Å². The fraction of sp³-hybridized carbons (Fsp3) is 0.500. The van der Waals surface area contributed by atoms with Gasteiger partial charge in [-0.2, -0.15) is 0 Å². The molecule has 1 amide bonds. The molecule has 1 heterocycles. The molecule has 0 aliphatic carbocycles. The van der Waals surface area contributed by atoms with Crippen LogP contribution in [0.5, 0.6) is 0 Å². The van der Waals surface area contributed by atoms with E-state index in [9.17, 15) is 9.18 Å². The van der Waals surface area contributed by atoms with Gasteiger partial charge in [0.2, 0.25) is 5.91 Å². The second-order valence-electron chi connectivity index (χ2n) is 4.80. The molecule has 1 fully saturated rings. The van der Waals surface area contributed by atoms with Gasteiger partial charge in [-0.25, -0.2) is 4.39 Å². The molecule has 0 saturated carbocycles. The van der Waals surface area contributed by atoms with E-state index in [1.807, 2.05) is 6.92 Å². The number of hydrogen-bond donors (Lipinski definition) is 2. The maximum absolute atomic E-state index is 13.2. The van der Waals surface area contributed by atoms with Crippen LogP contribution in [-0.2, 0) is 17.9 Å². The third-order valence-corrected chi connectivity index (χ3v) is 3.59. The molecule has 1 saturated heterocycles. The van der Waals surface area contributed by atoms with Crippen LogP contribution in [0.2, 0.25) is 0 Å². The number of carbonyl (C=O) groups excluding carboxylic acids is 1. The molecule has 3 N–H and O–H groups in total. The van der Waals surface area contributed by atoms with E-state index < -0.39 is 0 Å². The van der Waals surface area contributed by atoms with Crippen molar-refractivity contribution in [1.82, 2.24) is 10.2 Å². The molecule has 1 aliphatic rings. The van der Waals surface area contributed by atoms with Crippen molar-refractivity contribution in [3.8, 4) is 0 Å². The Balaban J connectivity index is 2.17. The van der Waals surface area contributed by atoms with Gasteiger partial charge in [0.05, 0.1) is 6.04 Å². The molecule has 19 heavy (non-hydrogen) atoms. The SMILES string of the molecule is CCC1C(=O)NCCN1Cc1ccc(F)cc1CN. The second-order valence-corrected chi connectivity index (χ2v) is 4.80. The van der Waals surface area contributed by atoms with Gasteiger partial charge in [-0.05, 0) is 29.7 Å². The van der Waals surface area contributed by atoms with Crippen LogP contribution in [-0.4, -0.2) is 29.9 Å². The molecule has 104 valence electrons. The summed E-state index contributed by atoms with van der Waals surface area (Å²) in [5.74, 6) is -0.196. The van der Waals surface area contributed by atoms with Crippen molar-refractivity contribution < 1.29 is 9.18 Å². The normalized spacial score (nSPS) is 20.4. The van der Waals surface area contributed by atoms with E-state index in [0.29, 0.717) is 19.6 Å². The number of amides is 1. The Morgan fingerprint density at radius 2 is 2.26 bits per heavy atom. The van der Waals surface area contributed by atoms with E-state index in [0.717, 1.165) is 24.1 Å². The first kappa shape index (κ1) is 14.0. The van der Waals surface area contributed by atoms with Gasteiger partial charge >= 0.3 is 0 Å². The molecule has 1 unspecified atom stereocenters. The number of rotatable bonds is 4. The zero-order chi connectivity index (χ0) is 13.8. The lowest BCUT2D eigenvalue weighted by atomic mass is 10.0. The molecule has 1 atom stereocenters. The molecule has 2 rings (SSSR count). The van der Waals surface area contributed by atoms with Crippen molar-refractivity contribution >= 4 is 5.91 Å². The average molecular weight is 265 g/mol. The van der Waals surface area contributed by atoms with Gasteiger partial charge in [0.1, 0.15) is 5.82 Å². The molecule has 1 aliphatic heterocycles. The molecular formula is C14H20FN3O. The van der Waals surface area contributed by atoms with Crippen LogP contribution in [0.1, 0.15) is 24.5 Å². The standard InChI is InChI=1S/C14H20FN3O/c1-2-13-14(19)17-5-6-18(13)9-10-3-4-12(15)7-11(10)8-16/h3-4,7,13H,2,5-6,8-9,16H2,1H3,(H,17,19). The summed E-state index contributed by atoms with van der Waals surface area (Å²) in [6.07, 6.45) is 0.769. The molecule has 0 spiro atoms. The average Bonchev–Trinajstić information content (AvgIpc) is 2.41. The van der Waals surface area contributed by atoms with Crippen molar-refractivity contribution in [3.63, 3.8) is 0 Å². The Labute approximate surface area is 112 Å². The lowest BCUT2D eigenvalue weighted by Crippen LogP contribution is -2.54. The number of piperazine rings is 1. The zero-order valence-electron chi connectivity index (χ0n) is 11.2. The summed E-state index contributed by atoms with van der Waals surface area (Å²) in [5.41, 5.74) is 7.46. The van der Waals surface area contributed by atoms with Crippen LogP contribution in [0.25, 0.3) is 0 Å². The van der Waals surface area contributed by atoms with Crippen LogP contribution in [0.15, 0.2) is 18.2 Å². The van der Waals surface area contributed by atoms with Gasteiger partial charge in [0, 0.05) is 26.2 Å². The molecule has 0 aromatic heterocycles. The minimum Gasteiger partial charge on any atom is -0.353 e. The van der Waals surface area contributed by atoms with Crippen molar-refractivity contribution in [2.45, 2.75) is 32.5 Å². The maximum atomic E-state index is 13.2. The van der Waals surface area contributed by atoms with Gasteiger partial charge in [-0.1, -0.05) is 13.0 Å². The molecule has 1 aromatic carbocycles. The van der Waals surface area contributed by atoms with Crippen molar-refractivity contribution in [1.29, 1.82) is 0 Å². The van der Waals surface area contributed by atoms with E-state index in [-0.39, 0.29) is 17.8 Å². The molecule has 4 nitrogen and oxygen atoms in total. The lowest BCUT2D eigenvalue weighted by molar-refractivity contribution is -0.129. The number of nitrogens with zero attached hydrogens (tertiary/aromatic N) is 1. The Morgan fingerprint density at radius 3 is 2.95 bits per heavy atom. The molecular weight excluding hydrogens is 245 g/mol. The van der Waals surface area contributed by atoms with Crippen LogP contribution in [0.3, 0.4) is 0 Å². The van der Waals surface area contributed by atoms with Crippen LogP contribution >= 0.6 is 0 Å². The van der Waals surface area contributed by atoms with E-state index >= 15 is 0 Å². The number of halogens is 1. The number of nitrogens with two attached hydrogens (primary N) is 1. The minimum absolute atomic E-state index is 0.0742. The van der Waals surface area contributed by atoms with Crippen molar-refractivity contribution in [3.05, 3.63) is 35.1 Å². The fourth-order valence-electron chi connectivity index (χ4n) is 2.55. The first-order chi connectivity index (χ1) is 9.15. The smallest absolute Gasteiger partial charge is 0.237 e. The Hall–Kier alpha value is -1.46. The van der Waals surface area contributed by atoms with E-state index in [4.69, 9.17) is 5.73 Å². The molecule has 5 heteroatoms. The highest BCUT2D eigenvalue weighted by Crippen LogP contribution is 2.17. The highest BCUT2D eigenvalue weighted by Gasteiger charge is 2.28. The fourth-order valence-corrected chi connectivity index (χ4v) is 2.55. The highest BCUT2D eigenvalue weighted by atomic mass is 19.1. The number of nitrogens with one attached hydrogen (secondary N) is 1.